The number of rotatable bonds is 1. The van der Waals surface area contributed by atoms with Crippen LogP contribution in [0.2, 0.25) is 5.02 Å². The van der Waals surface area contributed by atoms with Crippen LogP contribution in [0.4, 0.5) is 0 Å². The van der Waals surface area contributed by atoms with Crippen LogP contribution in [-0.2, 0) is 6.42 Å². The van der Waals surface area contributed by atoms with Crippen LogP contribution in [0.15, 0.2) is 18.2 Å². The molecule has 2 aliphatic rings. The van der Waals surface area contributed by atoms with Crippen molar-refractivity contribution >= 4 is 11.6 Å². The Morgan fingerprint density at radius 3 is 2.93 bits per heavy atom. The van der Waals surface area contributed by atoms with Gasteiger partial charge in [-0.05, 0) is 55.0 Å². The van der Waals surface area contributed by atoms with Crippen molar-refractivity contribution in [2.75, 3.05) is 6.54 Å². The largest absolute Gasteiger partial charge is 0.309 e. The fourth-order valence-corrected chi connectivity index (χ4v) is 2.59. The summed E-state index contributed by atoms with van der Waals surface area (Å²) in [5.41, 5.74) is 2.94. The predicted molar refractivity (Wildman–Crippen MR) is 58.6 cm³/mol. The van der Waals surface area contributed by atoms with E-state index in [9.17, 15) is 0 Å². The average Bonchev–Trinajstić information content (AvgIpc) is 3.00. The van der Waals surface area contributed by atoms with Gasteiger partial charge in [-0.3, -0.25) is 0 Å². The van der Waals surface area contributed by atoms with Crippen molar-refractivity contribution in [3.05, 3.63) is 34.3 Å². The van der Waals surface area contributed by atoms with E-state index in [1.54, 1.807) is 0 Å². The van der Waals surface area contributed by atoms with Gasteiger partial charge in [0.2, 0.25) is 0 Å². The molecule has 1 aromatic carbocycles. The van der Waals surface area contributed by atoms with E-state index in [0.717, 1.165) is 23.9 Å². The summed E-state index contributed by atoms with van der Waals surface area (Å²) in [5, 5.41) is 4.48. The van der Waals surface area contributed by atoms with E-state index < -0.39 is 0 Å². The summed E-state index contributed by atoms with van der Waals surface area (Å²) in [6, 6.07) is 6.92. The summed E-state index contributed by atoms with van der Waals surface area (Å²) >= 11 is 6.04. The first kappa shape index (κ1) is 8.75. The van der Waals surface area contributed by atoms with Crippen molar-refractivity contribution in [3.8, 4) is 0 Å². The molecule has 14 heavy (non-hydrogen) atoms. The molecule has 1 nitrogen and oxygen atoms in total. The fraction of sp³-hybridized carbons (Fsp3) is 0.500. The molecule has 1 N–H and O–H groups in total. The lowest BCUT2D eigenvalue weighted by atomic mass is 9.92. The molecule has 1 atom stereocenters. The summed E-state index contributed by atoms with van der Waals surface area (Å²) in [5.74, 6) is 0.868. The standard InChI is InChI=1S/C12H14ClN/c13-10-4-3-8-5-6-14-12(9-1-2-9)11(8)7-10/h3-4,7,9,12,14H,1-2,5-6H2. The summed E-state index contributed by atoms with van der Waals surface area (Å²) in [6.07, 6.45) is 3.91. The molecule has 0 aromatic heterocycles. The van der Waals surface area contributed by atoms with Crippen LogP contribution in [0.25, 0.3) is 0 Å². The van der Waals surface area contributed by atoms with Crippen molar-refractivity contribution < 1.29 is 0 Å². The minimum absolute atomic E-state index is 0.581. The van der Waals surface area contributed by atoms with Crippen molar-refractivity contribution in [3.63, 3.8) is 0 Å². The molecule has 0 saturated heterocycles. The number of hydrogen-bond donors (Lipinski definition) is 1. The van der Waals surface area contributed by atoms with Gasteiger partial charge in [0.15, 0.2) is 0 Å². The molecule has 0 bridgehead atoms. The zero-order valence-corrected chi connectivity index (χ0v) is 8.85. The topological polar surface area (TPSA) is 12.0 Å². The summed E-state index contributed by atoms with van der Waals surface area (Å²) in [4.78, 5) is 0. The van der Waals surface area contributed by atoms with Gasteiger partial charge in [-0.15, -0.1) is 0 Å². The third-order valence-electron chi connectivity index (χ3n) is 3.29. The Kier molecular flexibility index (Phi) is 2.03. The van der Waals surface area contributed by atoms with E-state index in [-0.39, 0.29) is 0 Å². The monoisotopic (exact) mass is 207 g/mol. The molecule has 0 radical (unpaired) electrons. The Morgan fingerprint density at radius 2 is 2.14 bits per heavy atom. The zero-order valence-electron chi connectivity index (χ0n) is 8.09. The lowest BCUT2D eigenvalue weighted by molar-refractivity contribution is 0.458. The third-order valence-corrected chi connectivity index (χ3v) is 3.53. The maximum atomic E-state index is 6.04. The van der Waals surface area contributed by atoms with Crippen LogP contribution < -0.4 is 5.32 Å². The summed E-state index contributed by atoms with van der Waals surface area (Å²) in [6.45, 7) is 1.12. The molecular weight excluding hydrogens is 194 g/mol. The molecule has 1 aliphatic heterocycles. The van der Waals surface area contributed by atoms with Crippen LogP contribution in [0.5, 0.6) is 0 Å². The lowest BCUT2D eigenvalue weighted by Crippen LogP contribution is -2.31. The molecule has 74 valence electrons. The van der Waals surface area contributed by atoms with Gasteiger partial charge < -0.3 is 5.32 Å². The van der Waals surface area contributed by atoms with Gasteiger partial charge in [-0.2, -0.15) is 0 Å². The molecule has 0 amide bonds. The molecule has 1 fully saturated rings. The van der Waals surface area contributed by atoms with Crippen molar-refractivity contribution in [2.45, 2.75) is 25.3 Å². The van der Waals surface area contributed by atoms with Gasteiger partial charge in [0.05, 0.1) is 0 Å². The molecule has 1 aromatic rings. The number of nitrogens with one attached hydrogen (secondary N) is 1. The van der Waals surface area contributed by atoms with Gasteiger partial charge in [-0.25, -0.2) is 0 Å². The van der Waals surface area contributed by atoms with Crippen molar-refractivity contribution in [1.29, 1.82) is 0 Å². The highest BCUT2D eigenvalue weighted by Crippen LogP contribution is 2.43. The van der Waals surface area contributed by atoms with Crippen LogP contribution >= 0.6 is 11.6 Å². The Labute approximate surface area is 89.5 Å². The molecule has 0 spiro atoms. The van der Waals surface area contributed by atoms with Gasteiger partial charge in [-0.1, -0.05) is 17.7 Å². The molecule has 2 heteroatoms. The highest BCUT2D eigenvalue weighted by molar-refractivity contribution is 6.30. The van der Waals surface area contributed by atoms with E-state index in [4.69, 9.17) is 11.6 Å². The Balaban J connectivity index is 2.02. The second-order valence-electron chi connectivity index (χ2n) is 4.36. The van der Waals surface area contributed by atoms with E-state index in [2.05, 4.69) is 17.4 Å². The van der Waals surface area contributed by atoms with Crippen molar-refractivity contribution in [1.82, 2.24) is 5.32 Å². The lowest BCUT2D eigenvalue weighted by Gasteiger charge is -2.27. The SMILES string of the molecule is Clc1ccc2c(c1)C(C1CC1)NCC2. The fourth-order valence-electron chi connectivity index (χ4n) is 2.41. The normalized spacial score (nSPS) is 25.9. The first-order valence-corrected chi connectivity index (χ1v) is 5.74. The zero-order chi connectivity index (χ0) is 9.54. The number of hydrogen-bond acceptors (Lipinski definition) is 1. The van der Waals surface area contributed by atoms with Gasteiger partial charge >= 0.3 is 0 Å². The van der Waals surface area contributed by atoms with Gasteiger partial charge in [0.1, 0.15) is 0 Å². The predicted octanol–water partition coefficient (Wildman–Crippen LogP) is 2.94. The summed E-state index contributed by atoms with van der Waals surface area (Å²) < 4.78 is 0. The maximum absolute atomic E-state index is 6.04. The number of halogens is 1. The highest BCUT2D eigenvalue weighted by Gasteiger charge is 2.34. The van der Waals surface area contributed by atoms with E-state index >= 15 is 0 Å². The molecule has 1 aliphatic carbocycles. The highest BCUT2D eigenvalue weighted by atomic mass is 35.5. The molecule has 3 rings (SSSR count). The molecule has 1 heterocycles. The van der Waals surface area contributed by atoms with Crippen LogP contribution in [0.3, 0.4) is 0 Å². The molecule has 1 saturated carbocycles. The van der Waals surface area contributed by atoms with Crippen LogP contribution in [0, 0.1) is 5.92 Å². The minimum Gasteiger partial charge on any atom is -0.309 e. The second kappa shape index (κ2) is 3.25. The van der Waals surface area contributed by atoms with Crippen molar-refractivity contribution in [2.24, 2.45) is 5.92 Å². The van der Waals surface area contributed by atoms with Gasteiger partial charge in [0, 0.05) is 11.1 Å². The van der Waals surface area contributed by atoms with E-state index in [1.165, 1.54) is 24.0 Å². The smallest absolute Gasteiger partial charge is 0.0409 e. The maximum Gasteiger partial charge on any atom is 0.0409 e. The average molecular weight is 208 g/mol. The Morgan fingerprint density at radius 1 is 1.29 bits per heavy atom. The van der Waals surface area contributed by atoms with E-state index in [0.29, 0.717) is 6.04 Å². The number of benzene rings is 1. The Hall–Kier alpha value is -0.530. The molecular formula is C12H14ClN. The summed E-state index contributed by atoms with van der Waals surface area (Å²) in [7, 11) is 0. The second-order valence-corrected chi connectivity index (χ2v) is 4.80. The molecule has 1 unspecified atom stereocenters. The quantitative estimate of drug-likeness (QED) is 0.747. The minimum atomic E-state index is 0.581. The first-order chi connectivity index (χ1) is 6.84. The van der Waals surface area contributed by atoms with E-state index in [1.807, 2.05) is 6.07 Å². The van der Waals surface area contributed by atoms with Crippen LogP contribution in [-0.4, -0.2) is 6.54 Å². The first-order valence-electron chi connectivity index (χ1n) is 5.36. The van der Waals surface area contributed by atoms with Crippen LogP contribution in [0.1, 0.15) is 30.0 Å². The Bertz CT molecular complexity index is 357. The number of fused-ring (bicyclic) bond motifs is 1. The third kappa shape index (κ3) is 1.45. The van der Waals surface area contributed by atoms with Gasteiger partial charge in [0.25, 0.3) is 0 Å².